The Labute approximate surface area is 109 Å². The molecule has 0 heterocycles. The predicted octanol–water partition coefficient (Wildman–Crippen LogP) is 4.07. The average Bonchev–Trinajstić information content (AvgIpc) is 2.14. The molecule has 0 aliphatic carbocycles. The van der Waals surface area contributed by atoms with Gasteiger partial charge in [0, 0.05) is 21.3 Å². The molecule has 0 radical (unpaired) electrons. The first-order valence-corrected chi connectivity index (χ1v) is 7.19. The minimum atomic E-state index is 0.290. The molecule has 1 atom stereocenters. The lowest BCUT2D eigenvalue weighted by atomic mass is 10.2. The Kier molecular flexibility index (Phi) is 6.05. The molecular weight excluding hydrogens is 294 g/mol. The maximum Gasteiger partial charge on any atom is 0.0457 e. The highest BCUT2D eigenvalue weighted by atomic mass is 79.9. The summed E-state index contributed by atoms with van der Waals surface area (Å²) in [5.74, 6) is 2.04. The number of hydrogen-bond donors (Lipinski definition) is 1. The molecule has 0 amide bonds. The van der Waals surface area contributed by atoms with Gasteiger partial charge < -0.3 is 5.73 Å². The van der Waals surface area contributed by atoms with Gasteiger partial charge in [0.15, 0.2) is 0 Å². The Balaban J connectivity index is 2.37. The van der Waals surface area contributed by atoms with Gasteiger partial charge in [-0.15, -0.1) is 0 Å². The molecule has 1 aromatic carbocycles. The van der Waals surface area contributed by atoms with Gasteiger partial charge in [0.2, 0.25) is 0 Å². The van der Waals surface area contributed by atoms with Crippen LogP contribution in [0.5, 0.6) is 0 Å². The molecule has 2 N–H and O–H groups in total. The Morgan fingerprint density at radius 2 is 2.27 bits per heavy atom. The molecular formula is C11H15BrClNS. The lowest BCUT2D eigenvalue weighted by Gasteiger charge is -2.06. The molecule has 1 aromatic rings. The monoisotopic (exact) mass is 307 g/mol. The van der Waals surface area contributed by atoms with Crippen LogP contribution in [-0.4, -0.2) is 11.8 Å². The van der Waals surface area contributed by atoms with Crippen molar-refractivity contribution in [2.24, 2.45) is 5.73 Å². The number of hydrogen-bond acceptors (Lipinski definition) is 2. The molecule has 0 saturated carbocycles. The lowest BCUT2D eigenvalue weighted by Crippen LogP contribution is -2.15. The number of nitrogens with two attached hydrogens (primary N) is 1. The minimum absolute atomic E-state index is 0.290. The topological polar surface area (TPSA) is 26.0 Å². The summed E-state index contributed by atoms with van der Waals surface area (Å²) in [5, 5.41) is 0.831. The molecule has 1 unspecified atom stereocenters. The van der Waals surface area contributed by atoms with E-state index in [4.69, 9.17) is 17.3 Å². The Bertz CT molecular complexity index is 317. The van der Waals surface area contributed by atoms with E-state index in [-0.39, 0.29) is 6.04 Å². The normalized spacial score (nSPS) is 12.8. The molecule has 4 heteroatoms. The summed E-state index contributed by atoms with van der Waals surface area (Å²) >= 11 is 11.4. The summed E-state index contributed by atoms with van der Waals surface area (Å²) < 4.78 is 1.02. The number of halogens is 2. The van der Waals surface area contributed by atoms with E-state index in [0.29, 0.717) is 0 Å². The summed E-state index contributed by atoms with van der Waals surface area (Å²) in [6.45, 7) is 2.03. The van der Waals surface area contributed by atoms with Gasteiger partial charge in [-0.1, -0.05) is 33.6 Å². The van der Waals surface area contributed by atoms with Crippen LogP contribution in [0.3, 0.4) is 0 Å². The summed E-state index contributed by atoms with van der Waals surface area (Å²) in [5.41, 5.74) is 6.87. The molecule has 0 aromatic heterocycles. The van der Waals surface area contributed by atoms with E-state index < -0.39 is 0 Å². The van der Waals surface area contributed by atoms with Crippen molar-refractivity contribution in [2.75, 3.05) is 5.75 Å². The van der Waals surface area contributed by atoms with Crippen LogP contribution in [-0.2, 0) is 5.75 Å². The van der Waals surface area contributed by atoms with Crippen molar-refractivity contribution in [3.05, 3.63) is 33.3 Å². The van der Waals surface area contributed by atoms with Gasteiger partial charge in [0.25, 0.3) is 0 Å². The molecule has 0 aliphatic heterocycles. The third-order valence-corrected chi connectivity index (χ3v) is 3.87. The molecule has 0 fully saturated rings. The Morgan fingerprint density at radius 3 is 2.87 bits per heavy atom. The molecule has 0 saturated heterocycles. The molecule has 1 nitrogen and oxygen atoms in total. The van der Waals surface area contributed by atoms with Gasteiger partial charge in [-0.2, -0.15) is 11.8 Å². The van der Waals surface area contributed by atoms with Crippen molar-refractivity contribution in [3.8, 4) is 0 Å². The standard InChI is InChI=1S/C11H15BrClNS/c1-8(14)4-5-15-7-9-2-3-10(12)6-11(9)13/h2-3,6,8H,4-5,7,14H2,1H3. The highest BCUT2D eigenvalue weighted by molar-refractivity contribution is 9.10. The Hall–Kier alpha value is 0.300. The van der Waals surface area contributed by atoms with Crippen molar-refractivity contribution in [2.45, 2.75) is 25.1 Å². The summed E-state index contributed by atoms with van der Waals surface area (Å²) in [4.78, 5) is 0. The van der Waals surface area contributed by atoms with Gasteiger partial charge >= 0.3 is 0 Å². The smallest absolute Gasteiger partial charge is 0.0457 e. The van der Waals surface area contributed by atoms with Crippen LogP contribution in [0.2, 0.25) is 5.02 Å². The number of rotatable bonds is 5. The van der Waals surface area contributed by atoms with Crippen LogP contribution in [0.1, 0.15) is 18.9 Å². The highest BCUT2D eigenvalue weighted by Gasteiger charge is 2.01. The van der Waals surface area contributed by atoms with Gasteiger partial charge in [0.05, 0.1) is 0 Å². The van der Waals surface area contributed by atoms with Crippen LogP contribution in [0, 0.1) is 0 Å². The van der Waals surface area contributed by atoms with E-state index in [1.165, 1.54) is 5.56 Å². The van der Waals surface area contributed by atoms with Crippen LogP contribution in [0.4, 0.5) is 0 Å². The van der Waals surface area contributed by atoms with Crippen molar-refractivity contribution < 1.29 is 0 Å². The zero-order valence-corrected chi connectivity index (χ0v) is 11.8. The third-order valence-electron chi connectivity index (χ3n) is 1.99. The van der Waals surface area contributed by atoms with Gasteiger partial charge in [-0.3, -0.25) is 0 Å². The number of benzene rings is 1. The average molecular weight is 309 g/mol. The van der Waals surface area contributed by atoms with E-state index >= 15 is 0 Å². The van der Waals surface area contributed by atoms with Crippen molar-refractivity contribution in [1.82, 2.24) is 0 Å². The first-order valence-electron chi connectivity index (χ1n) is 4.87. The maximum absolute atomic E-state index is 6.10. The van der Waals surface area contributed by atoms with E-state index in [9.17, 15) is 0 Å². The second-order valence-electron chi connectivity index (χ2n) is 3.55. The molecule has 0 bridgehead atoms. The second kappa shape index (κ2) is 6.79. The minimum Gasteiger partial charge on any atom is -0.328 e. The zero-order chi connectivity index (χ0) is 11.3. The van der Waals surface area contributed by atoms with Crippen molar-refractivity contribution >= 4 is 39.3 Å². The number of thioether (sulfide) groups is 1. The fourth-order valence-electron chi connectivity index (χ4n) is 1.09. The van der Waals surface area contributed by atoms with Gasteiger partial charge in [-0.25, -0.2) is 0 Å². The van der Waals surface area contributed by atoms with Crippen LogP contribution in [0.25, 0.3) is 0 Å². The quantitative estimate of drug-likeness (QED) is 0.830. The van der Waals surface area contributed by atoms with Gasteiger partial charge in [0.1, 0.15) is 0 Å². The first-order chi connectivity index (χ1) is 7.09. The SMILES string of the molecule is CC(N)CCSCc1ccc(Br)cc1Cl. The van der Waals surface area contributed by atoms with E-state index in [0.717, 1.165) is 27.4 Å². The third kappa shape index (κ3) is 5.25. The van der Waals surface area contributed by atoms with Gasteiger partial charge in [-0.05, 0) is 36.8 Å². The van der Waals surface area contributed by atoms with E-state index in [1.807, 2.05) is 30.8 Å². The fourth-order valence-corrected chi connectivity index (χ4v) is 3.06. The molecule has 0 aliphatic rings. The van der Waals surface area contributed by atoms with Crippen LogP contribution < -0.4 is 5.73 Å². The summed E-state index contributed by atoms with van der Waals surface area (Å²) in [6, 6.07) is 6.31. The zero-order valence-electron chi connectivity index (χ0n) is 8.67. The highest BCUT2D eigenvalue weighted by Crippen LogP contribution is 2.25. The summed E-state index contributed by atoms with van der Waals surface area (Å²) in [6.07, 6.45) is 1.05. The van der Waals surface area contributed by atoms with Crippen LogP contribution >= 0.6 is 39.3 Å². The summed E-state index contributed by atoms with van der Waals surface area (Å²) in [7, 11) is 0. The molecule has 0 spiro atoms. The first kappa shape index (κ1) is 13.4. The Morgan fingerprint density at radius 1 is 1.53 bits per heavy atom. The predicted molar refractivity (Wildman–Crippen MR) is 73.6 cm³/mol. The maximum atomic E-state index is 6.10. The van der Waals surface area contributed by atoms with Crippen molar-refractivity contribution in [1.29, 1.82) is 0 Å². The van der Waals surface area contributed by atoms with Crippen molar-refractivity contribution in [3.63, 3.8) is 0 Å². The van der Waals surface area contributed by atoms with E-state index in [1.54, 1.807) is 0 Å². The van der Waals surface area contributed by atoms with E-state index in [2.05, 4.69) is 22.0 Å². The second-order valence-corrected chi connectivity index (χ2v) is 5.98. The van der Waals surface area contributed by atoms with Crippen LogP contribution in [0.15, 0.2) is 22.7 Å². The largest absolute Gasteiger partial charge is 0.328 e. The lowest BCUT2D eigenvalue weighted by molar-refractivity contribution is 0.721. The fraction of sp³-hybridized carbons (Fsp3) is 0.455. The molecule has 1 rings (SSSR count). The molecule has 15 heavy (non-hydrogen) atoms. The molecule has 84 valence electrons.